The molecule has 0 saturated heterocycles. The van der Waals surface area contributed by atoms with Gasteiger partial charge in [-0.05, 0) is 36.5 Å². The summed E-state index contributed by atoms with van der Waals surface area (Å²) in [6, 6.07) is 17.0. The summed E-state index contributed by atoms with van der Waals surface area (Å²) in [6.07, 6.45) is 5.65. The van der Waals surface area contributed by atoms with Crippen molar-refractivity contribution in [1.29, 1.82) is 0 Å². The Labute approximate surface area is 181 Å². The van der Waals surface area contributed by atoms with Crippen LogP contribution in [0.3, 0.4) is 0 Å². The molecule has 0 spiro atoms. The Morgan fingerprint density at radius 3 is 2.67 bits per heavy atom. The van der Waals surface area contributed by atoms with Crippen molar-refractivity contribution in [3.05, 3.63) is 59.7 Å². The fourth-order valence-corrected chi connectivity index (χ4v) is 5.25. The quantitative estimate of drug-likeness (QED) is 0.493. The Morgan fingerprint density at radius 1 is 1.03 bits per heavy atom. The summed E-state index contributed by atoms with van der Waals surface area (Å²) in [5, 5.41) is 5.07. The van der Waals surface area contributed by atoms with Gasteiger partial charge >= 0.3 is 0 Å². The Morgan fingerprint density at radius 2 is 1.80 bits per heavy atom. The van der Waals surface area contributed by atoms with Crippen molar-refractivity contribution >= 4 is 34.5 Å². The zero-order chi connectivity index (χ0) is 20.3. The summed E-state index contributed by atoms with van der Waals surface area (Å²) in [5.41, 5.74) is 3.68. The monoisotopic (exact) mass is 418 g/mol. The molecule has 5 nitrogen and oxygen atoms in total. The van der Waals surface area contributed by atoms with Crippen LogP contribution in [0.25, 0.3) is 10.9 Å². The molecule has 154 valence electrons. The second-order valence-electron chi connectivity index (χ2n) is 8.12. The molecular weight excluding hydrogens is 392 g/mol. The van der Waals surface area contributed by atoms with Gasteiger partial charge in [0.25, 0.3) is 0 Å². The molecule has 1 aromatic heterocycles. The molecular formula is C24H26N4OS. The third-order valence-electron chi connectivity index (χ3n) is 6.03. The largest absolute Gasteiger partial charge is 0.353 e. The minimum Gasteiger partial charge on any atom is -0.353 e. The number of benzene rings is 2. The van der Waals surface area contributed by atoms with Crippen molar-refractivity contribution in [1.82, 2.24) is 15.3 Å². The molecule has 1 fully saturated rings. The Hall–Kier alpha value is -2.60. The van der Waals surface area contributed by atoms with Gasteiger partial charge in [0, 0.05) is 24.5 Å². The topological polar surface area (TPSA) is 58.1 Å². The zero-order valence-electron chi connectivity index (χ0n) is 17.0. The van der Waals surface area contributed by atoms with Gasteiger partial charge in [0.15, 0.2) is 0 Å². The lowest BCUT2D eigenvalue weighted by molar-refractivity contribution is -0.119. The molecule has 5 rings (SSSR count). The van der Waals surface area contributed by atoms with Gasteiger partial charge in [-0.1, -0.05) is 67.1 Å². The number of nitrogens with zero attached hydrogens (tertiary/aromatic N) is 3. The number of para-hydroxylation sites is 1. The van der Waals surface area contributed by atoms with Gasteiger partial charge in [-0.25, -0.2) is 9.97 Å². The van der Waals surface area contributed by atoms with Crippen LogP contribution in [0.1, 0.15) is 36.8 Å². The molecule has 30 heavy (non-hydrogen) atoms. The molecule has 1 aliphatic heterocycles. The lowest BCUT2D eigenvalue weighted by atomic mass is 10.0. The second kappa shape index (κ2) is 8.64. The van der Waals surface area contributed by atoms with Crippen molar-refractivity contribution in [3.63, 3.8) is 0 Å². The number of carbonyl (C=O) groups is 1. The van der Waals surface area contributed by atoms with E-state index in [0.29, 0.717) is 11.8 Å². The number of amides is 1. The van der Waals surface area contributed by atoms with Gasteiger partial charge in [0.05, 0.1) is 11.3 Å². The van der Waals surface area contributed by atoms with Gasteiger partial charge in [-0.15, -0.1) is 0 Å². The predicted molar refractivity (Wildman–Crippen MR) is 122 cm³/mol. The first kappa shape index (κ1) is 19.4. The summed E-state index contributed by atoms with van der Waals surface area (Å²) >= 11 is 1.52. The number of hydrogen-bond donors (Lipinski definition) is 1. The summed E-state index contributed by atoms with van der Waals surface area (Å²) in [4.78, 5) is 24.4. The molecule has 0 atom stereocenters. The molecule has 3 aromatic rings. The first-order chi connectivity index (χ1) is 14.8. The standard InChI is InChI=1S/C24H26N4OS/c29-22(25-19-9-3-4-10-19)16-30-23-20-11-5-6-12-21(20)26-24(27-23)28-14-13-17-7-1-2-8-18(17)15-28/h1-2,5-8,11-12,19H,3-4,9-10,13-16H2,(H,25,29). The van der Waals surface area contributed by atoms with E-state index < -0.39 is 0 Å². The van der Waals surface area contributed by atoms with Crippen molar-refractivity contribution < 1.29 is 4.79 Å². The normalized spacial score (nSPS) is 16.6. The Bertz CT molecular complexity index is 1060. The molecule has 2 aromatic carbocycles. The van der Waals surface area contributed by atoms with Crippen LogP contribution in [0.5, 0.6) is 0 Å². The maximum atomic E-state index is 12.4. The average molecular weight is 419 g/mol. The minimum atomic E-state index is 0.100. The van der Waals surface area contributed by atoms with Crippen molar-refractivity contribution in [2.45, 2.75) is 49.7 Å². The first-order valence-corrected chi connectivity index (χ1v) is 11.8. The fraction of sp³-hybridized carbons (Fsp3) is 0.375. The van der Waals surface area contributed by atoms with Crippen LogP contribution in [0.15, 0.2) is 53.6 Å². The molecule has 0 radical (unpaired) electrons. The highest BCUT2D eigenvalue weighted by Gasteiger charge is 2.21. The van der Waals surface area contributed by atoms with E-state index in [2.05, 4.69) is 34.5 Å². The second-order valence-corrected chi connectivity index (χ2v) is 9.09. The number of rotatable bonds is 5. The van der Waals surface area contributed by atoms with Crippen molar-refractivity contribution in [2.75, 3.05) is 17.2 Å². The molecule has 2 aliphatic rings. The summed E-state index contributed by atoms with van der Waals surface area (Å²) < 4.78 is 0. The molecule has 1 amide bonds. The number of anilines is 1. The van der Waals surface area contributed by atoms with Crippen LogP contribution in [0, 0.1) is 0 Å². The number of aromatic nitrogens is 2. The van der Waals surface area contributed by atoms with Gasteiger partial charge < -0.3 is 10.2 Å². The number of fused-ring (bicyclic) bond motifs is 2. The first-order valence-electron chi connectivity index (χ1n) is 10.8. The summed E-state index contributed by atoms with van der Waals surface area (Å²) in [5.74, 6) is 1.24. The van der Waals surface area contributed by atoms with Crippen LogP contribution in [-0.4, -0.2) is 34.2 Å². The zero-order valence-corrected chi connectivity index (χ0v) is 17.8. The van der Waals surface area contributed by atoms with E-state index in [1.54, 1.807) is 0 Å². The Balaban J connectivity index is 1.37. The third-order valence-corrected chi connectivity index (χ3v) is 7.02. The molecule has 2 heterocycles. The highest BCUT2D eigenvalue weighted by atomic mass is 32.2. The highest BCUT2D eigenvalue weighted by molar-refractivity contribution is 8.00. The van der Waals surface area contributed by atoms with E-state index in [4.69, 9.17) is 9.97 Å². The highest BCUT2D eigenvalue weighted by Crippen LogP contribution is 2.30. The lowest BCUT2D eigenvalue weighted by Gasteiger charge is -2.29. The predicted octanol–water partition coefficient (Wildman–Crippen LogP) is 4.34. The average Bonchev–Trinajstić information content (AvgIpc) is 3.30. The maximum Gasteiger partial charge on any atom is 0.230 e. The maximum absolute atomic E-state index is 12.4. The van der Waals surface area contributed by atoms with Crippen LogP contribution < -0.4 is 10.2 Å². The smallest absolute Gasteiger partial charge is 0.230 e. The van der Waals surface area contributed by atoms with E-state index in [-0.39, 0.29) is 5.91 Å². The minimum absolute atomic E-state index is 0.100. The third kappa shape index (κ3) is 4.15. The molecule has 0 unspecified atom stereocenters. The van der Waals surface area contributed by atoms with E-state index in [9.17, 15) is 4.79 Å². The number of thioether (sulfide) groups is 1. The Kier molecular flexibility index (Phi) is 5.58. The van der Waals surface area contributed by atoms with Crippen molar-refractivity contribution in [3.8, 4) is 0 Å². The van der Waals surface area contributed by atoms with E-state index in [1.807, 2.05) is 24.3 Å². The van der Waals surface area contributed by atoms with Crippen LogP contribution in [0.4, 0.5) is 5.95 Å². The molecule has 1 N–H and O–H groups in total. The van der Waals surface area contributed by atoms with Crippen LogP contribution in [-0.2, 0) is 17.8 Å². The lowest BCUT2D eigenvalue weighted by Crippen LogP contribution is -2.34. The molecule has 1 saturated carbocycles. The number of hydrogen-bond acceptors (Lipinski definition) is 5. The van der Waals surface area contributed by atoms with Gasteiger partial charge in [0.1, 0.15) is 5.03 Å². The summed E-state index contributed by atoms with van der Waals surface area (Å²) in [7, 11) is 0. The summed E-state index contributed by atoms with van der Waals surface area (Å²) in [6.45, 7) is 1.72. The van der Waals surface area contributed by atoms with Crippen LogP contribution in [0.2, 0.25) is 0 Å². The van der Waals surface area contributed by atoms with E-state index in [1.165, 1.54) is 35.7 Å². The van der Waals surface area contributed by atoms with Gasteiger partial charge in [-0.3, -0.25) is 4.79 Å². The molecule has 0 bridgehead atoms. The number of carbonyl (C=O) groups excluding carboxylic acids is 1. The van der Waals surface area contributed by atoms with E-state index in [0.717, 1.165) is 54.2 Å². The van der Waals surface area contributed by atoms with Gasteiger partial charge in [-0.2, -0.15) is 0 Å². The van der Waals surface area contributed by atoms with Gasteiger partial charge in [0.2, 0.25) is 11.9 Å². The van der Waals surface area contributed by atoms with Crippen molar-refractivity contribution in [2.24, 2.45) is 0 Å². The van der Waals surface area contributed by atoms with Crippen LogP contribution >= 0.6 is 11.8 Å². The number of nitrogens with one attached hydrogen (secondary N) is 1. The fourth-order valence-electron chi connectivity index (χ4n) is 4.43. The van der Waals surface area contributed by atoms with E-state index >= 15 is 0 Å². The molecule has 1 aliphatic carbocycles. The SMILES string of the molecule is O=C(CSc1nc(N2CCc3ccccc3C2)nc2ccccc12)NC1CCCC1. The molecule has 6 heteroatoms.